The first kappa shape index (κ1) is 21.1. The molecule has 0 radical (unpaired) electrons. The summed E-state index contributed by atoms with van der Waals surface area (Å²) in [6.07, 6.45) is 0. The molecule has 160 valence electrons. The number of para-hydroxylation sites is 1. The van der Waals surface area contributed by atoms with E-state index in [-0.39, 0.29) is 16.2 Å². The molecule has 2 N–H and O–H groups in total. The van der Waals surface area contributed by atoms with E-state index in [9.17, 15) is 18.0 Å². The van der Waals surface area contributed by atoms with Gasteiger partial charge in [-0.3, -0.25) is 9.59 Å². The number of Topliss-reactive ketones (excluding diaryl/α,β-unsaturated/α-hetero) is 1. The van der Waals surface area contributed by atoms with Gasteiger partial charge in [-0.15, -0.1) is 0 Å². The van der Waals surface area contributed by atoms with E-state index in [0.29, 0.717) is 16.8 Å². The molecule has 0 aliphatic rings. The number of ketones is 1. The van der Waals surface area contributed by atoms with Crippen LogP contribution < -0.4 is 4.72 Å². The normalized spacial score (nSPS) is 12.8. The standard InChI is InChI=1S/C20H18N4O5S2/c1-11-18(13-6-3-4-7-14(13)21-11)16(25)10-29-20(26)12(2)24-31(27,28)17-9-5-8-15-19(17)23-30-22-15/h3-9,12,21,24H,10H2,1-2H3/t12-/m1/s1. The number of carbonyl (C=O) groups is 2. The molecule has 1 atom stereocenters. The maximum Gasteiger partial charge on any atom is 0.324 e. The minimum Gasteiger partial charge on any atom is -0.456 e. The van der Waals surface area contributed by atoms with Crippen molar-refractivity contribution in [3.63, 3.8) is 0 Å². The van der Waals surface area contributed by atoms with Gasteiger partial charge in [0, 0.05) is 22.2 Å². The molecular weight excluding hydrogens is 440 g/mol. The second-order valence-electron chi connectivity index (χ2n) is 6.93. The molecular formula is C20H18N4O5S2. The van der Waals surface area contributed by atoms with Crippen molar-refractivity contribution in [2.45, 2.75) is 24.8 Å². The van der Waals surface area contributed by atoms with E-state index in [2.05, 4.69) is 18.5 Å². The number of esters is 1. The predicted octanol–water partition coefficient (Wildman–Crippen LogP) is 2.57. The van der Waals surface area contributed by atoms with Crippen LogP contribution in [0.2, 0.25) is 0 Å². The van der Waals surface area contributed by atoms with E-state index in [4.69, 9.17) is 4.74 Å². The highest BCUT2D eigenvalue weighted by molar-refractivity contribution is 7.89. The third-order valence-electron chi connectivity index (χ3n) is 4.74. The van der Waals surface area contributed by atoms with Gasteiger partial charge in [-0.25, -0.2) is 8.42 Å². The number of hydrogen-bond donors (Lipinski definition) is 2. The van der Waals surface area contributed by atoms with Gasteiger partial charge in [0.1, 0.15) is 22.0 Å². The van der Waals surface area contributed by atoms with Crippen molar-refractivity contribution in [3.05, 3.63) is 53.7 Å². The first-order valence-electron chi connectivity index (χ1n) is 9.28. The summed E-state index contributed by atoms with van der Waals surface area (Å²) < 4.78 is 40.8. The van der Waals surface area contributed by atoms with Gasteiger partial charge < -0.3 is 9.72 Å². The first-order chi connectivity index (χ1) is 14.8. The maximum absolute atomic E-state index is 12.7. The van der Waals surface area contributed by atoms with E-state index in [0.717, 1.165) is 22.6 Å². The molecule has 0 bridgehead atoms. The average molecular weight is 459 g/mol. The zero-order valence-electron chi connectivity index (χ0n) is 16.6. The van der Waals surface area contributed by atoms with Crippen molar-refractivity contribution in [2.24, 2.45) is 0 Å². The highest BCUT2D eigenvalue weighted by atomic mass is 32.2. The molecule has 2 aromatic carbocycles. The van der Waals surface area contributed by atoms with E-state index in [1.54, 1.807) is 25.1 Å². The Morgan fingerprint density at radius 1 is 1.16 bits per heavy atom. The summed E-state index contributed by atoms with van der Waals surface area (Å²) >= 11 is 0.896. The van der Waals surface area contributed by atoms with Crippen LogP contribution in [0.5, 0.6) is 0 Å². The number of nitrogens with zero attached hydrogens (tertiary/aromatic N) is 2. The second kappa shape index (κ2) is 8.17. The van der Waals surface area contributed by atoms with E-state index in [1.807, 2.05) is 18.2 Å². The third kappa shape index (κ3) is 4.07. The second-order valence-corrected chi connectivity index (χ2v) is 9.14. The van der Waals surface area contributed by atoms with Crippen LogP contribution in [-0.2, 0) is 19.6 Å². The van der Waals surface area contributed by atoms with Gasteiger partial charge in [-0.05, 0) is 32.0 Å². The average Bonchev–Trinajstić information content (AvgIpc) is 3.34. The molecule has 0 saturated heterocycles. The number of nitrogens with one attached hydrogen (secondary N) is 2. The molecule has 4 rings (SSSR count). The molecule has 0 unspecified atom stereocenters. The van der Waals surface area contributed by atoms with Crippen LogP contribution in [0, 0.1) is 6.92 Å². The van der Waals surface area contributed by atoms with Crippen LogP contribution in [0.15, 0.2) is 47.4 Å². The maximum atomic E-state index is 12.7. The van der Waals surface area contributed by atoms with Crippen LogP contribution in [-0.4, -0.2) is 46.6 Å². The van der Waals surface area contributed by atoms with Gasteiger partial charge in [-0.2, -0.15) is 13.5 Å². The molecule has 4 aromatic rings. The van der Waals surface area contributed by atoms with E-state index < -0.39 is 28.6 Å². The van der Waals surface area contributed by atoms with Gasteiger partial charge in [-0.1, -0.05) is 24.3 Å². The molecule has 2 aromatic heterocycles. The fourth-order valence-corrected chi connectivity index (χ4v) is 5.27. The number of hydrogen-bond acceptors (Lipinski definition) is 8. The first-order valence-corrected chi connectivity index (χ1v) is 11.5. The van der Waals surface area contributed by atoms with Crippen LogP contribution >= 0.6 is 11.7 Å². The third-order valence-corrected chi connectivity index (χ3v) is 6.86. The quantitative estimate of drug-likeness (QED) is 0.321. The summed E-state index contributed by atoms with van der Waals surface area (Å²) in [4.78, 5) is 28.0. The number of aromatic amines is 1. The number of carbonyl (C=O) groups excluding carboxylic acids is 2. The van der Waals surface area contributed by atoms with Crippen LogP contribution in [0.25, 0.3) is 21.9 Å². The zero-order chi connectivity index (χ0) is 22.2. The Morgan fingerprint density at radius 3 is 2.74 bits per heavy atom. The number of benzene rings is 2. The lowest BCUT2D eigenvalue weighted by Gasteiger charge is -2.13. The Labute approximate surface area is 181 Å². The summed E-state index contributed by atoms with van der Waals surface area (Å²) in [5.41, 5.74) is 2.59. The number of sulfonamides is 1. The molecule has 2 heterocycles. The zero-order valence-corrected chi connectivity index (χ0v) is 18.2. The number of ether oxygens (including phenoxy) is 1. The molecule has 0 spiro atoms. The van der Waals surface area contributed by atoms with Gasteiger partial charge in [0.15, 0.2) is 6.61 Å². The number of aromatic nitrogens is 3. The van der Waals surface area contributed by atoms with Crippen molar-refractivity contribution in [2.75, 3.05) is 6.61 Å². The Hall–Kier alpha value is -3.15. The fourth-order valence-electron chi connectivity index (χ4n) is 3.31. The Balaban J connectivity index is 1.44. The van der Waals surface area contributed by atoms with Gasteiger partial charge in [0.25, 0.3) is 0 Å². The van der Waals surface area contributed by atoms with Crippen LogP contribution in [0.3, 0.4) is 0 Å². The van der Waals surface area contributed by atoms with E-state index in [1.165, 1.54) is 13.0 Å². The topological polar surface area (TPSA) is 131 Å². The van der Waals surface area contributed by atoms with Gasteiger partial charge in [0.05, 0.1) is 11.7 Å². The predicted molar refractivity (Wildman–Crippen MR) is 116 cm³/mol. The van der Waals surface area contributed by atoms with Crippen molar-refractivity contribution in [1.82, 2.24) is 18.5 Å². The summed E-state index contributed by atoms with van der Waals surface area (Å²) in [7, 11) is -4.05. The Kier molecular flexibility index (Phi) is 5.56. The largest absolute Gasteiger partial charge is 0.456 e. The Bertz CT molecular complexity index is 1410. The van der Waals surface area contributed by atoms with Crippen molar-refractivity contribution in [1.29, 1.82) is 0 Å². The van der Waals surface area contributed by atoms with Crippen molar-refractivity contribution in [3.8, 4) is 0 Å². The van der Waals surface area contributed by atoms with Gasteiger partial charge in [0.2, 0.25) is 15.8 Å². The van der Waals surface area contributed by atoms with E-state index >= 15 is 0 Å². The number of rotatable bonds is 7. The molecule has 0 amide bonds. The molecule has 11 heteroatoms. The number of H-pyrrole nitrogens is 1. The summed E-state index contributed by atoms with van der Waals surface area (Å²) in [6.45, 7) is 2.61. The van der Waals surface area contributed by atoms with Crippen LogP contribution in [0.1, 0.15) is 23.0 Å². The molecule has 0 aliphatic heterocycles. The lowest BCUT2D eigenvalue weighted by atomic mass is 10.1. The highest BCUT2D eigenvalue weighted by Gasteiger charge is 2.26. The smallest absolute Gasteiger partial charge is 0.324 e. The SMILES string of the molecule is Cc1[nH]c2ccccc2c1C(=O)COC(=O)[C@@H](C)NS(=O)(=O)c1cccc2nsnc12. The molecule has 9 nitrogen and oxygen atoms in total. The minimum absolute atomic E-state index is 0.0797. The summed E-state index contributed by atoms with van der Waals surface area (Å²) in [6, 6.07) is 10.7. The van der Waals surface area contributed by atoms with Crippen molar-refractivity contribution < 1.29 is 22.7 Å². The minimum atomic E-state index is -4.05. The molecule has 0 fully saturated rings. The summed E-state index contributed by atoms with van der Waals surface area (Å²) in [5, 5.41) is 0.736. The lowest BCUT2D eigenvalue weighted by Crippen LogP contribution is -2.40. The molecule has 31 heavy (non-hydrogen) atoms. The van der Waals surface area contributed by atoms with Crippen molar-refractivity contribution >= 4 is 55.4 Å². The Morgan fingerprint density at radius 2 is 1.94 bits per heavy atom. The molecule has 0 aliphatic carbocycles. The summed E-state index contributed by atoms with van der Waals surface area (Å²) in [5.74, 6) is -1.24. The molecule has 0 saturated carbocycles. The lowest BCUT2D eigenvalue weighted by molar-refractivity contribution is -0.144. The number of aryl methyl sites for hydroxylation is 1. The highest BCUT2D eigenvalue weighted by Crippen LogP contribution is 2.23. The monoisotopic (exact) mass is 458 g/mol. The van der Waals surface area contributed by atoms with Gasteiger partial charge >= 0.3 is 5.97 Å². The number of fused-ring (bicyclic) bond motifs is 2. The fraction of sp³-hybridized carbons (Fsp3) is 0.200. The van der Waals surface area contributed by atoms with Crippen LogP contribution in [0.4, 0.5) is 0 Å².